The molecule has 2 heteroatoms. The van der Waals surface area contributed by atoms with Gasteiger partial charge in [0.25, 0.3) is 0 Å². The van der Waals surface area contributed by atoms with Gasteiger partial charge in [-0.05, 0) is 5.56 Å². The first-order valence-electron chi connectivity index (χ1n) is 6.26. The molecule has 0 bridgehead atoms. The van der Waals surface area contributed by atoms with E-state index in [-0.39, 0.29) is 0 Å². The van der Waals surface area contributed by atoms with Crippen molar-refractivity contribution in [2.45, 2.75) is 0 Å². The van der Waals surface area contributed by atoms with E-state index in [0.717, 1.165) is 0 Å². The van der Waals surface area contributed by atoms with E-state index in [2.05, 4.69) is 6.58 Å². The number of hydrogen-bond acceptors (Lipinski definition) is 2. The van der Waals surface area contributed by atoms with Crippen molar-refractivity contribution in [2.75, 3.05) is 0 Å². The number of carbonyl (C=O) groups excluding carboxylic acids is 2. The molecule has 0 radical (unpaired) electrons. The standard InChI is InChI=1S/C18H14O2/c1-2-9-16(14-10-5-3-6-11-14)18(20)17(19)15-12-7-4-8-13-15/h2-13H,1H2/b16-9+. The Bertz CT molecular complexity index is 652. The summed E-state index contributed by atoms with van der Waals surface area (Å²) >= 11 is 0. The molecule has 20 heavy (non-hydrogen) atoms. The van der Waals surface area contributed by atoms with Crippen molar-refractivity contribution in [1.82, 2.24) is 0 Å². The molecule has 0 aliphatic rings. The molecule has 98 valence electrons. The molecule has 2 rings (SSSR count). The van der Waals surface area contributed by atoms with Crippen LogP contribution in [-0.4, -0.2) is 11.6 Å². The van der Waals surface area contributed by atoms with Gasteiger partial charge in [0.05, 0.1) is 0 Å². The van der Waals surface area contributed by atoms with Crippen molar-refractivity contribution >= 4 is 17.1 Å². The van der Waals surface area contributed by atoms with E-state index >= 15 is 0 Å². The zero-order valence-corrected chi connectivity index (χ0v) is 11.0. The fraction of sp³-hybridized carbons (Fsp3) is 0. The third kappa shape index (κ3) is 2.98. The minimum Gasteiger partial charge on any atom is -0.285 e. The summed E-state index contributed by atoms with van der Waals surface area (Å²) in [6.07, 6.45) is 3.08. The van der Waals surface area contributed by atoms with Crippen LogP contribution in [0.3, 0.4) is 0 Å². The van der Waals surface area contributed by atoms with Crippen LogP contribution in [0.15, 0.2) is 79.4 Å². The van der Waals surface area contributed by atoms with Crippen LogP contribution < -0.4 is 0 Å². The van der Waals surface area contributed by atoms with Gasteiger partial charge >= 0.3 is 0 Å². The highest BCUT2D eigenvalue weighted by Crippen LogP contribution is 2.17. The first-order chi connectivity index (χ1) is 9.74. The van der Waals surface area contributed by atoms with E-state index in [1.54, 1.807) is 48.5 Å². The molecule has 2 nitrogen and oxygen atoms in total. The maximum Gasteiger partial charge on any atom is 0.234 e. The van der Waals surface area contributed by atoms with Gasteiger partial charge < -0.3 is 0 Å². The Balaban J connectivity index is 2.37. The van der Waals surface area contributed by atoms with E-state index in [4.69, 9.17) is 0 Å². The Kier molecular flexibility index (Phi) is 4.40. The van der Waals surface area contributed by atoms with Gasteiger partial charge in [0.2, 0.25) is 11.6 Å². The monoisotopic (exact) mass is 262 g/mol. The lowest BCUT2D eigenvalue weighted by Gasteiger charge is -2.05. The highest BCUT2D eigenvalue weighted by Gasteiger charge is 2.20. The zero-order valence-electron chi connectivity index (χ0n) is 11.0. The lowest BCUT2D eigenvalue weighted by atomic mass is 9.95. The summed E-state index contributed by atoms with van der Waals surface area (Å²) in [6, 6.07) is 17.7. The Morgan fingerprint density at radius 1 is 0.800 bits per heavy atom. The molecule has 0 heterocycles. The van der Waals surface area contributed by atoms with Crippen LogP contribution in [0.25, 0.3) is 5.57 Å². The van der Waals surface area contributed by atoms with Crippen molar-refractivity contribution in [3.05, 3.63) is 90.5 Å². The second-order valence-corrected chi connectivity index (χ2v) is 4.21. The average Bonchev–Trinajstić information content (AvgIpc) is 2.53. The van der Waals surface area contributed by atoms with E-state index in [1.807, 2.05) is 18.2 Å². The normalized spacial score (nSPS) is 10.9. The fourth-order valence-electron chi connectivity index (χ4n) is 1.88. The van der Waals surface area contributed by atoms with Gasteiger partial charge in [0.15, 0.2) is 0 Å². The predicted octanol–water partition coefficient (Wildman–Crippen LogP) is 3.71. The van der Waals surface area contributed by atoms with Gasteiger partial charge in [0, 0.05) is 11.1 Å². The summed E-state index contributed by atoms with van der Waals surface area (Å²) in [6.45, 7) is 3.60. The molecule has 2 aromatic rings. The maximum absolute atomic E-state index is 12.4. The van der Waals surface area contributed by atoms with Crippen molar-refractivity contribution in [3.8, 4) is 0 Å². The van der Waals surface area contributed by atoms with Crippen molar-refractivity contribution < 1.29 is 9.59 Å². The molecule has 0 saturated carbocycles. The summed E-state index contributed by atoms with van der Waals surface area (Å²) in [5, 5.41) is 0. The first-order valence-corrected chi connectivity index (χ1v) is 6.26. The van der Waals surface area contributed by atoms with Gasteiger partial charge in [-0.3, -0.25) is 9.59 Å². The van der Waals surface area contributed by atoms with Gasteiger partial charge in [-0.15, -0.1) is 0 Å². The SMILES string of the molecule is C=C/C=C(/C(=O)C(=O)c1ccccc1)c1ccccc1. The number of rotatable bonds is 5. The van der Waals surface area contributed by atoms with Crippen LogP contribution in [0.4, 0.5) is 0 Å². The molecule has 0 aromatic heterocycles. The number of ketones is 2. The minimum absolute atomic E-state index is 0.356. The van der Waals surface area contributed by atoms with Crippen LogP contribution in [0.2, 0.25) is 0 Å². The number of benzene rings is 2. The lowest BCUT2D eigenvalue weighted by molar-refractivity contribution is -0.110. The maximum atomic E-state index is 12.4. The summed E-state index contributed by atoms with van der Waals surface area (Å²) in [7, 11) is 0. The van der Waals surface area contributed by atoms with Crippen LogP contribution in [0.1, 0.15) is 15.9 Å². The summed E-state index contributed by atoms with van der Waals surface area (Å²) < 4.78 is 0. The lowest BCUT2D eigenvalue weighted by Crippen LogP contribution is -2.15. The number of carbonyl (C=O) groups is 2. The van der Waals surface area contributed by atoms with E-state index in [9.17, 15) is 9.59 Å². The van der Waals surface area contributed by atoms with E-state index in [0.29, 0.717) is 16.7 Å². The van der Waals surface area contributed by atoms with Crippen LogP contribution in [-0.2, 0) is 4.79 Å². The van der Waals surface area contributed by atoms with Crippen LogP contribution in [0, 0.1) is 0 Å². The summed E-state index contributed by atoms with van der Waals surface area (Å²) in [5.74, 6) is -1.04. The van der Waals surface area contributed by atoms with Gasteiger partial charge in [-0.25, -0.2) is 0 Å². The van der Waals surface area contributed by atoms with Crippen LogP contribution in [0.5, 0.6) is 0 Å². The summed E-state index contributed by atoms with van der Waals surface area (Å²) in [5.41, 5.74) is 1.46. The molecule has 0 N–H and O–H groups in total. The second kappa shape index (κ2) is 6.43. The molecule has 0 unspecified atom stereocenters. The molecule has 0 atom stereocenters. The van der Waals surface area contributed by atoms with Gasteiger partial charge in [-0.2, -0.15) is 0 Å². The number of hydrogen-bond donors (Lipinski definition) is 0. The highest BCUT2D eigenvalue weighted by molar-refractivity contribution is 6.58. The van der Waals surface area contributed by atoms with Crippen molar-refractivity contribution in [2.24, 2.45) is 0 Å². The smallest absolute Gasteiger partial charge is 0.234 e. The van der Waals surface area contributed by atoms with Crippen molar-refractivity contribution in [1.29, 1.82) is 0 Å². The molecule has 0 spiro atoms. The first kappa shape index (κ1) is 13.7. The molecular formula is C18H14O2. The molecule has 0 saturated heterocycles. The zero-order chi connectivity index (χ0) is 14.4. The third-order valence-corrected chi connectivity index (χ3v) is 2.86. The topological polar surface area (TPSA) is 34.1 Å². The predicted molar refractivity (Wildman–Crippen MR) is 80.4 cm³/mol. The Labute approximate surface area is 118 Å². The Morgan fingerprint density at radius 2 is 1.30 bits per heavy atom. The molecule has 0 fully saturated rings. The number of Topliss-reactive ketones (excluding diaryl/α,β-unsaturated/α-hetero) is 2. The molecule has 0 amide bonds. The number of allylic oxidation sites excluding steroid dienone is 3. The Hall–Kier alpha value is -2.74. The molecule has 2 aromatic carbocycles. The molecular weight excluding hydrogens is 248 g/mol. The van der Waals surface area contributed by atoms with Gasteiger partial charge in [0.1, 0.15) is 0 Å². The van der Waals surface area contributed by atoms with Crippen LogP contribution >= 0.6 is 0 Å². The van der Waals surface area contributed by atoms with Crippen molar-refractivity contribution in [3.63, 3.8) is 0 Å². The third-order valence-electron chi connectivity index (χ3n) is 2.86. The Morgan fingerprint density at radius 3 is 1.80 bits per heavy atom. The van der Waals surface area contributed by atoms with Gasteiger partial charge in [-0.1, -0.05) is 79.4 Å². The fourth-order valence-corrected chi connectivity index (χ4v) is 1.88. The summed E-state index contributed by atoms with van der Waals surface area (Å²) in [4.78, 5) is 24.6. The minimum atomic E-state index is -0.526. The van der Waals surface area contributed by atoms with E-state index < -0.39 is 11.6 Å². The second-order valence-electron chi connectivity index (χ2n) is 4.21. The highest BCUT2D eigenvalue weighted by atomic mass is 16.2. The van der Waals surface area contributed by atoms with E-state index in [1.165, 1.54) is 6.08 Å². The largest absolute Gasteiger partial charge is 0.285 e. The quantitative estimate of drug-likeness (QED) is 0.356. The molecule has 0 aliphatic heterocycles. The average molecular weight is 262 g/mol. The molecule has 0 aliphatic carbocycles.